The van der Waals surface area contributed by atoms with Crippen LogP contribution in [0.25, 0.3) is 0 Å². The van der Waals surface area contributed by atoms with Crippen LogP contribution in [0.3, 0.4) is 0 Å². The Morgan fingerprint density at radius 1 is 1.10 bits per heavy atom. The van der Waals surface area contributed by atoms with Crippen molar-refractivity contribution in [2.24, 2.45) is 5.92 Å². The Bertz CT molecular complexity index is 1250. The van der Waals surface area contributed by atoms with E-state index < -0.39 is 27.4 Å². The highest BCUT2D eigenvalue weighted by atomic mass is 32.2. The summed E-state index contributed by atoms with van der Waals surface area (Å²) in [6.45, 7) is 7.51. The van der Waals surface area contributed by atoms with Crippen LogP contribution in [0.1, 0.15) is 44.2 Å². The van der Waals surface area contributed by atoms with E-state index in [0.29, 0.717) is 25.9 Å². The lowest BCUT2D eigenvalue weighted by atomic mass is 9.89. The SMILES string of the molecule is Cc1ccc(S(=O)(=O)N2C[C@@]3(CCCN(CC(=O)Nc4ccc(C(F)(F)F)cc4)C3)OC[C@@H]2CC(C)C)cc1. The highest BCUT2D eigenvalue weighted by molar-refractivity contribution is 7.89. The Hall–Kier alpha value is -2.47. The number of ether oxygens (including phenoxy) is 1. The minimum Gasteiger partial charge on any atom is -0.371 e. The Morgan fingerprint density at radius 3 is 2.38 bits per heavy atom. The molecule has 2 atom stereocenters. The van der Waals surface area contributed by atoms with Crippen molar-refractivity contribution in [3.05, 3.63) is 59.7 Å². The molecule has 0 aromatic heterocycles. The number of sulfonamides is 1. The van der Waals surface area contributed by atoms with E-state index in [2.05, 4.69) is 19.2 Å². The zero-order valence-corrected chi connectivity index (χ0v) is 23.3. The molecule has 0 saturated carbocycles. The third kappa shape index (κ3) is 7.19. The van der Waals surface area contributed by atoms with Crippen LogP contribution in [-0.4, -0.2) is 68.0 Å². The maximum Gasteiger partial charge on any atom is 0.416 e. The molecule has 2 aliphatic heterocycles. The number of morpholine rings is 1. The molecular formula is C28H36F3N3O4S. The topological polar surface area (TPSA) is 79.0 Å². The standard InChI is InChI=1S/C28H36F3N3O4S/c1-20(2)15-24-17-38-27(19-34(24)39(36,37)25-11-5-21(3)6-12-25)13-4-14-33(18-27)16-26(35)32-23-9-7-22(8-10-23)28(29,30)31/h5-12,20,24H,4,13-19H2,1-3H3,(H,32,35)/t24-,27-/m0/s1. The van der Waals surface area contributed by atoms with Gasteiger partial charge in [0.1, 0.15) is 0 Å². The number of benzene rings is 2. The summed E-state index contributed by atoms with van der Waals surface area (Å²) >= 11 is 0. The molecule has 7 nitrogen and oxygen atoms in total. The molecular weight excluding hydrogens is 531 g/mol. The van der Waals surface area contributed by atoms with E-state index in [1.807, 2.05) is 11.8 Å². The first-order chi connectivity index (χ1) is 18.3. The van der Waals surface area contributed by atoms with Crippen molar-refractivity contribution in [2.45, 2.75) is 62.7 Å². The van der Waals surface area contributed by atoms with Crippen molar-refractivity contribution in [1.82, 2.24) is 9.21 Å². The number of amides is 1. The van der Waals surface area contributed by atoms with Crippen LogP contribution in [0.2, 0.25) is 0 Å². The quantitative estimate of drug-likeness (QED) is 0.514. The second-order valence-corrected chi connectivity index (χ2v) is 13.0. The molecule has 0 radical (unpaired) electrons. The summed E-state index contributed by atoms with van der Waals surface area (Å²) < 4.78 is 74.0. The summed E-state index contributed by atoms with van der Waals surface area (Å²) in [7, 11) is -3.77. The minimum absolute atomic E-state index is 0.0201. The highest BCUT2D eigenvalue weighted by Gasteiger charge is 2.47. The molecule has 2 aliphatic rings. The van der Waals surface area contributed by atoms with Gasteiger partial charge < -0.3 is 10.1 Å². The monoisotopic (exact) mass is 567 g/mol. The highest BCUT2D eigenvalue weighted by Crippen LogP contribution is 2.36. The number of hydrogen-bond donors (Lipinski definition) is 1. The molecule has 2 saturated heterocycles. The first-order valence-corrected chi connectivity index (χ1v) is 14.6. The molecule has 2 aromatic rings. The summed E-state index contributed by atoms with van der Waals surface area (Å²) in [5.41, 5.74) is -0.281. The molecule has 214 valence electrons. The maximum absolute atomic E-state index is 13.8. The van der Waals surface area contributed by atoms with E-state index in [-0.39, 0.29) is 48.1 Å². The Balaban J connectivity index is 1.46. The molecule has 1 amide bonds. The van der Waals surface area contributed by atoms with Crippen LogP contribution in [0.4, 0.5) is 18.9 Å². The number of piperidine rings is 1. The van der Waals surface area contributed by atoms with Crippen LogP contribution in [-0.2, 0) is 25.7 Å². The minimum atomic E-state index is -4.44. The van der Waals surface area contributed by atoms with E-state index >= 15 is 0 Å². The van der Waals surface area contributed by atoms with E-state index in [1.54, 1.807) is 28.6 Å². The van der Waals surface area contributed by atoms with E-state index in [4.69, 9.17) is 4.74 Å². The molecule has 2 aromatic carbocycles. The third-order valence-electron chi connectivity index (χ3n) is 7.29. The number of nitrogens with zero attached hydrogens (tertiary/aromatic N) is 2. The fourth-order valence-electron chi connectivity index (χ4n) is 5.39. The van der Waals surface area contributed by atoms with Crippen LogP contribution < -0.4 is 5.32 Å². The van der Waals surface area contributed by atoms with E-state index in [1.165, 1.54) is 12.1 Å². The number of rotatable bonds is 7. The number of aryl methyl sites for hydroxylation is 1. The second-order valence-electron chi connectivity index (χ2n) is 11.1. The Kier molecular flexibility index (Phi) is 8.75. The summed E-state index contributed by atoms with van der Waals surface area (Å²) in [6.07, 6.45) is -2.39. The number of anilines is 1. The van der Waals surface area contributed by atoms with Gasteiger partial charge in [-0.25, -0.2) is 8.42 Å². The summed E-state index contributed by atoms with van der Waals surface area (Å²) in [5, 5.41) is 2.65. The van der Waals surface area contributed by atoms with Gasteiger partial charge in [-0.05, 0) is 75.0 Å². The molecule has 0 bridgehead atoms. The fraction of sp³-hybridized carbons (Fsp3) is 0.536. The van der Waals surface area contributed by atoms with Gasteiger partial charge in [0.25, 0.3) is 0 Å². The lowest BCUT2D eigenvalue weighted by Gasteiger charge is -2.50. The number of carbonyl (C=O) groups is 1. The van der Waals surface area contributed by atoms with Crippen molar-refractivity contribution in [2.75, 3.05) is 38.1 Å². The molecule has 11 heteroatoms. The number of alkyl halides is 3. The van der Waals surface area contributed by atoms with Gasteiger partial charge in [-0.2, -0.15) is 17.5 Å². The van der Waals surface area contributed by atoms with Gasteiger partial charge in [0.05, 0.1) is 29.2 Å². The van der Waals surface area contributed by atoms with E-state index in [0.717, 1.165) is 24.1 Å². The molecule has 0 unspecified atom stereocenters. The predicted octanol–water partition coefficient (Wildman–Crippen LogP) is 4.92. The molecule has 4 rings (SSSR count). The van der Waals surface area contributed by atoms with Crippen LogP contribution in [0.5, 0.6) is 0 Å². The molecule has 0 aliphatic carbocycles. The van der Waals surface area contributed by atoms with Crippen molar-refractivity contribution in [3.8, 4) is 0 Å². The summed E-state index contributed by atoms with van der Waals surface area (Å²) in [6, 6.07) is 10.9. The van der Waals surface area contributed by atoms with Gasteiger partial charge in [0.2, 0.25) is 15.9 Å². The van der Waals surface area contributed by atoms with Crippen molar-refractivity contribution in [1.29, 1.82) is 0 Å². The van der Waals surface area contributed by atoms with Gasteiger partial charge in [-0.1, -0.05) is 31.5 Å². The number of nitrogens with one attached hydrogen (secondary N) is 1. The van der Waals surface area contributed by atoms with Gasteiger partial charge in [0, 0.05) is 24.8 Å². The molecule has 1 spiro atoms. The number of likely N-dealkylation sites (tertiary alicyclic amines) is 1. The average molecular weight is 568 g/mol. The van der Waals surface area contributed by atoms with Gasteiger partial charge >= 0.3 is 6.18 Å². The normalized spacial score (nSPS) is 23.3. The largest absolute Gasteiger partial charge is 0.416 e. The van der Waals surface area contributed by atoms with Gasteiger partial charge in [-0.3, -0.25) is 9.69 Å². The van der Waals surface area contributed by atoms with E-state index in [9.17, 15) is 26.4 Å². The zero-order valence-electron chi connectivity index (χ0n) is 22.5. The zero-order chi connectivity index (χ0) is 28.4. The summed E-state index contributed by atoms with van der Waals surface area (Å²) in [5.74, 6) is -0.0791. The summed E-state index contributed by atoms with van der Waals surface area (Å²) in [4.78, 5) is 14.9. The number of carbonyl (C=O) groups excluding carboxylic acids is 1. The third-order valence-corrected chi connectivity index (χ3v) is 9.20. The molecule has 1 N–H and O–H groups in total. The maximum atomic E-state index is 13.8. The second kappa shape index (κ2) is 11.6. The van der Waals surface area contributed by atoms with Crippen LogP contribution in [0, 0.1) is 12.8 Å². The first-order valence-electron chi connectivity index (χ1n) is 13.2. The Morgan fingerprint density at radius 2 is 1.77 bits per heavy atom. The molecule has 39 heavy (non-hydrogen) atoms. The van der Waals surface area contributed by atoms with Gasteiger partial charge in [-0.15, -0.1) is 0 Å². The fourth-order valence-corrected chi connectivity index (χ4v) is 7.09. The van der Waals surface area contributed by atoms with Crippen LogP contribution >= 0.6 is 0 Å². The first kappa shape index (κ1) is 29.5. The molecule has 2 heterocycles. The number of hydrogen-bond acceptors (Lipinski definition) is 5. The van der Waals surface area contributed by atoms with Crippen LogP contribution in [0.15, 0.2) is 53.4 Å². The Labute approximate surface area is 228 Å². The van der Waals surface area contributed by atoms with Gasteiger partial charge in [0.15, 0.2) is 0 Å². The van der Waals surface area contributed by atoms with Crippen molar-refractivity contribution < 1.29 is 31.1 Å². The van der Waals surface area contributed by atoms with Crippen molar-refractivity contribution in [3.63, 3.8) is 0 Å². The molecule has 2 fully saturated rings. The average Bonchev–Trinajstić information content (AvgIpc) is 2.85. The number of halogens is 3. The lowest BCUT2D eigenvalue weighted by Crippen LogP contribution is -2.64. The lowest BCUT2D eigenvalue weighted by molar-refractivity contribution is -0.146. The predicted molar refractivity (Wildman–Crippen MR) is 143 cm³/mol. The van der Waals surface area contributed by atoms with Crippen molar-refractivity contribution >= 4 is 21.6 Å². The smallest absolute Gasteiger partial charge is 0.371 e.